The van der Waals surface area contributed by atoms with Crippen LogP contribution in [0.5, 0.6) is 0 Å². The van der Waals surface area contributed by atoms with Gasteiger partial charge in [-0.05, 0) is 18.8 Å². The molecule has 3 nitrogen and oxygen atoms in total. The van der Waals surface area contributed by atoms with Crippen molar-refractivity contribution in [1.82, 2.24) is 4.90 Å². The van der Waals surface area contributed by atoms with E-state index in [9.17, 15) is 9.59 Å². The highest BCUT2D eigenvalue weighted by molar-refractivity contribution is 7.80. The van der Waals surface area contributed by atoms with Gasteiger partial charge in [-0.1, -0.05) is 12.2 Å². The molecule has 1 saturated carbocycles. The first-order valence-electron chi connectivity index (χ1n) is 5.35. The number of imide groups is 1. The van der Waals surface area contributed by atoms with E-state index in [0.717, 1.165) is 12.8 Å². The van der Waals surface area contributed by atoms with Crippen LogP contribution in [0.15, 0.2) is 12.2 Å². The number of rotatable bonds is 2. The maximum atomic E-state index is 12.0. The first kappa shape index (κ1) is 9.46. The van der Waals surface area contributed by atoms with Crippen LogP contribution in [0.1, 0.15) is 12.8 Å². The second kappa shape index (κ2) is 2.88. The lowest BCUT2D eigenvalue weighted by molar-refractivity contribution is -0.178. The summed E-state index contributed by atoms with van der Waals surface area (Å²) in [6.07, 6.45) is 5.95. The molecule has 2 amide bonds. The third-order valence-corrected chi connectivity index (χ3v) is 4.17. The minimum Gasteiger partial charge on any atom is -0.280 e. The van der Waals surface area contributed by atoms with Crippen molar-refractivity contribution in [2.45, 2.75) is 12.8 Å². The number of fused-ring (bicyclic) bond motifs is 3. The number of carbonyl (C=O) groups excluding carboxylic acids is 2. The van der Waals surface area contributed by atoms with Crippen molar-refractivity contribution in [3.05, 3.63) is 12.2 Å². The molecule has 0 aromatic rings. The molecule has 2 bridgehead atoms. The predicted octanol–water partition coefficient (Wildman–Crippen LogP) is 0.867. The Bertz CT molecular complexity index is 361. The van der Waals surface area contributed by atoms with E-state index in [1.54, 1.807) is 0 Å². The summed E-state index contributed by atoms with van der Waals surface area (Å²) in [7, 11) is 0. The van der Waals surface area contributed by atoms with Gasteiger partial charge < -0.3 is 0 Å². The molecule has 1 spiro atoms. The molecule has 2 unspecified atom stereocenters. The molecule has 2 aliphatic carbocycles. The number of likely N-dealkylation sites (tertiary alicyclic amines) is 1. The van der Waals surface area contributed by atoms with E-state index in [-0.39, 0.29) is 17.7 Å². The van der Waals surface area contributed by atoms with Crippen LogP contribution in [0.25, 0.3) is 0 Å². The number of hydrogen-bond acceptors (Lipinski definition) is 3. The maximum absolute atomic E-state index is 12.0. The number of β-lactam (4-membered cyclic amide) rings is 2. The van der Waals surface area contributed by atoms with E-state index in [1.165, 1.54) is 4.90 Å². The van der Waals surface area contributed by atoms with Crippen LogP contribution in [-0.4, -0.2) is 29.0 Å². The SMILES string of the molecule is O=C1N(CCS)C(=O)C12CC1C=CC2C1. The summed E-state index contributed by atoms with van der Waals surface area (Å²) in [6, 6.07) is 0. The van der Waals surface area contributed by atoms with Crippen LogP contribution in [0.3, 0.4) is 0 Å². The summed E-state index contributed by atoms with van der Waals surface area (Å²) in [5.74, 6) is 1.27. The average Bonchev–Trinajstić information content (AvgIpc) is 2.85. The van der Waals surface area contributed by atoms with Crippen molar-refractivity contribution < 1.29 is 9.59 Å². The lowest BCUT2D eigenvalue weighted by atomic mass is 9.68. The molecular formula is C11H13NO2S. The second-order valence-corrected chi connectivity index (χ2v) is 5.10. The van der Waals surface area contributed by atoms with Gasteiger partial charge in [-0.15, -0.1) is 0 Å². The Labute approximate surface area is 93.9 Å². The zero-order chi connectivity index (χ0) is 10.6. The molecule has 2 atom stereocenters. The van der Waals surface area contributed by atoms with Gasteiger partial charge in [0.1, 0.15) is 5.41 Å². The topological polar surface area (TPSA) is 37.4 Å². The largest absolute Gasteiger partial charge is 0.280 e. The Morgan fingerprint density at radius 2 is 2.13 bits per heavy atom. The Kier molecular flexibility index (Phi) is 1.81. The van der Waals surface area contributed by atoms with E-state index >= 15 is 0 Å². The fourth-order valence-electron chi connectivity index (χ4n) is 3.26. The summed E-state index contributed by atoms with van der Waals surface area (Å²) in [4.78, 5) is 25.4. The zero-order valence-electron chi connectivity index (χ0n) is 8.35. The zero-order valence-corrected chi connectivity index (χ0v) is 9.24. The van der Waals surface area contributed by atoms with Gasteiger partial charge in [0.05, 0.1) is 0 Å². The van der Waals surface area contributed by atoms with Crippen molar-refractivity contribution in [3.63, 3.8) is 0 Å². The second-order valence-electron chi connectivity index (χ2n) is 4.65. The quantitative estimate of drug-likeness (QED) is 0.326. The number of carbonyl (C=O) groups is 2. The molecule has 1 heterocycles. The molecule has 0 radical (unpaired) electrons. The maximum Gasteiger partial charge on any atom is 0.245 e. The average molecular weight is 223 g/mol. The number of thiol groups is 1. The summed E-state index contributed by atoms with van der Waals surface area (Å²) in [6.45, 7) is 0.462. The molecule has 1 saturated heterocycles. The highest BCUT2D eigenvalue weighted by Gasteiger charge is 2.68. The molecule has 80 valence electrons. The van der Waals surface area contributed by atoms with Gasteiger partial charge in [0.25, 0.3) is 0 Å². The minimum atomic E-state index is -0.650. The molecule has 4 heteroatoms. The Balaban J connectivity index is 1.88. The van der Waals surface area contributed by atoms with Crippen LogP contribution in [0, 0.1) is 17.3 Å². The molecule has 3 aliphatic rings. The summed E-state index contributed by atoms with van der Waals surface area (Å²) in [5, 5.41) is 0. The summed E-state index contributed by atoms with van der Waals surface area (Å²) < 4.78 is 0. The predicted molar refractivity (Wildman–Crippen MR) is 58.4 cm³/mol. The molecule has 0 N–H and O–H groups in total. The first-order chi connectivity index (χ1) is 7.20. The lowest BCUT2D eigenvalue weighted by Gasteiger charge is -2.47. The highest BCUT2D eigenvalue weighted by atomic mass is 32.1. The van der Waals surface area contributed by atoms with Crippen molar-refractivity contribution in [1.29, 1.82) is 0 Å². The van der Waals surface area contributed by atoms with Gasteiger partial charge in [0.2, 0.25) is 11.8 Å². The van der Waals surface area contributed by atoms with E-state index < -0.39 is 5.41 Å². The van der Waals surface area contributed by atoms with Crippen LogP contribution in [0.2, 0.25) is 0 Å². The van der Waals surface area contributed by atoms with Gasteiger partial charge in [0.15, 0.2) is 0 Å². The van der Waals surface area contributed by atoms with Crippen LogP contribution >= 0.6 is 12.6 Å². The summed E-state index contributed by atoms with van der Waals surface area (Å²) >= 11 is 4.05. The Morgan fingerprint density at radius 3 is 2.60 bits per heavy atom. The number of amides is 2. The van der Waals surface area contributed by atoms with Gasteiger partial charge >= 0.3 is 0 Å². The van der Waals surface area contributed by atoms with Gasteiger partial charge in [-0.25, -0.2) is 0 Å². The number of allylic oxidation sites excluding steroid dienone is 2. The minimum absolute atomic E-state index is 0.0402. The van der Waals surface area contributed by atoms with E-state index in [2.05, 4.69) is 24.8 Å². The van der Waals surface area contributed by atoms with E-state index in [0.29, 0.717) is 18.2 Å². The highest BCUT2D eigenvalue weighted by Crippen LogP contribution is 2.57. The van der Waals surface area contributed by atoms with Gasteiger partial charge in [0, 0.05) is 18.2 Å². The third kappa shape index (κ3) is 0.936. The Morgan fingerprint density at radius 1 is 1.40 bits per heavy atom. The van der Waals surface area contributed by atoms with Crippen LogP contribution < -0.4 is 0 Å². The van der Waals surface area contributed by atoms with Crippen molar-refractivity contribution in [3.8, 4) is 0 Å². The molecule has 2 fully saturated rings. The fourth-order valence-corrected chi connectivity index (χ4v) is 3.46. The van der Waals surface area contributed by atoms with E-state index in [1.807, 2.05) is 0 Å². The van der Waals surface area contributed by atoms with Gasteiger partial charge in [-0.2, -0.15) is 12.6 Å². The lowest BCUT2D eigenvalue weighted by Crippen LogP contribution is -2.68. The smallest absolute Gasteiger partial charge is 0.245 e. The van der Waals surface area contributed by atoms with Crippen LogP contribution in [0.4, 0.5) is 0 Å². The Hall–Kier alpha value is -0.770. The van der Waals surface area contributed by atoms with Crippen molar-refractivity contribution in [2.75, 3.05) is 12.3 Å². The molecular weight excluding hydrogens is 210 g/mol. The molecule has 3 rings (SSSR count). The number of nitrogens with zero attached hydrogens (tertiary/aromatic N) is 1. The van der Waals surface area contributed by atoms with E-state index in [4.69, 9.17) is 0 Å². The van der Waals surface area contributed by atoms with Crippen molar-refractivity contribution in [2.24, 2.45) is 17.3 Å². The molecule has 15 heavy (non-hydrogen) atoms. The van der Waals surface area contributed by atoms with Crippen LogP contribution in [-0.2, 0) is 9.59 Å². The standard InChI is InChI=1S/C11H13NO2S/c13-9-11(10(14)12(9)3-4-15)6-7-1-2-8(11)5-7/h1-2,7-8,15H,3-6H2. The molecule has 0 aromatic carbocycles. The number of hydrogen-bond donors (Lipinski definition) is 1. The van der Waals surface area contributed by atoms with Gasteiger partial charge in [-0.3, -0.25) is 14.5 Å². The third-order valence-electron chi connectivity index (χ3n) is 3.97. The van der Waals surface area contributed by atoms with Crippen molar-refractivity contribution >= 4 is 24.4 Å². The fraction of sp³-hybridized carbons (Fsp3) is 0.636. The monoisotopic (exact) mass is 223 g/mol. The summed E-state index contributed by atoms with van der Waals surface area (Å²) in [5.41, 5.74) is -0.650. The normalized spacial score (nSPS) is 35.4. The molecule has 1 aliphatic heterocycles. The first-order valence-corrected chi connectivity index (χ1v) is 5.99. The molecule has 0 aromatic heterocycles.